The molecule has 0 aliphatic carbocycles. The van der Waals surface area contributed by atoms with Crippen molar-refractivity contribution in [1.29, 1.82) is 0 Å². The molecule has 2 rings (SSSR count). The quantitative estimate of drug-likeness (QED) is 0.676. The highest BCUT2D eigenvalue weighted by Gasteiger charge is 2.18. The van der Waals surface area contributed by atoms with Crippen molar-refractivity contribution in [2.45, 2.75) is 0 Å². The summed E-state index contributed by atoms with van der Waals surface area (Å²) in [6, 6.07) is 8.85. The predicted molar refractivity (Wildman–Crippen MR) is 79.2 cm³/mol. The van der Waals surface area contributed by atoms with Gasteiger partial charge in [0.05, 0.1) is 26.9 Å². The summed E-state index contributed by atoms with van der Waals surface area (Å²) in [6.45, 7) is 0. The van der Waals surface area contributed by atoms with Gasteiger partial charge in [-0.3, -0.25) is 0 Å². The first kappa shape index (κ1) is 15.5. The standard InChI is InChI=1S/C16H16O6/c1-19-13-8-10(9-14(20-2)15(13)21-3)16(18)22-12-6-4-11(17)5-7-12/h4-9,17H,1-3H3. The Labute approximate surface area is 127 Å². The molecule has 0 atom stereocenters. The number of rotatable bonds is 5. The van der Waals surface area contributed by atoms with E-state index in [1.54, 1.807) is 0 Å². The van der Waals surface area contributed by atoms with Gasteiger partial charge in [-0.2, -0.15) is 0 Å². The largest absolute Gasteiger partial charge is 0.508 e. The van der Waals surface area contributed by atoms with Crippen molar-refractivity contribution in [3.05, 3.63) is 42.0 Å². The highest BCUT2D eigenvalue weighted by molar-refractivity contribution is 5.92. The van der Waals surface area contributed by atoms with Crippen LogP contribution in [0.5, 0.6) is 28.7 Å². The number of aromatic hydroxyl groups is 1. The van der Waals surface area contributed by atoms with E-state index in [4.69, 9.17) is 18.9 Å². The van der Waals surface area contributed by atoms with Gasteiger partial charge < -0.3 is 24.1 Å². The Hall–Kier alpha value is -2.89. The van der Waals surface area contributed by atoms with E-state index >= 15 is 0 Å². The summed E-state index contributed by atoms with van der Waals surface area (Å²) in [5, 5.41) is 9.21. The van der Waals surface area contributed by atoms with Gasteiger partial charge in [0.15, 0.2) is 11.5 Å². The molecule has 116 valence electrons. The number of ether oxygens (including phenoxy) is 4. The number of hydrogen-bond acceptors (Lipinski definition) is 6. The molecule has 0 heterocycles. The average Bonchev–Trinajstić information content (AvgIpc) is 2.55. The summed E-state index contributed by atoms with van der Waals surface area (Å²) in [6.07, 6.45) is 0. The fraction of sp³-hybridized carbons (Fsp3) is 0.188. The third kappa shape index (κ3) is 3.22. The van der Waals surface area contributed by atoms with Crippen LogP contribution in [0.2, 0.25) is 0 Å². The monoisotopic (exact) mass is 304 g/mol. The molecule has 0 unspecified atom stereocenters. The fourth-order valence-electron chi connectivity index (χ4n) is 1.88. The van der Waals surface area contributed by atoms with Crippen LogP contribution in [0.25, 0.3) is 0 Å². The molecule has 0 aliphatic rings. The minimum absolute atomic E-state index is 0.0904. The number of hydrogen-bond donors (Lipinski definition) is 1. The highest BCUT2D eigenvalue weighted by atomic mass is 16.5. The summed E-state index contributed by atoms with van der Waals surface area (Å²) in [5.74, 6) is 0.944. The van der Waals surface area contributed by atoms with Crippen LogP contribution in [0, 0.1) is 0 Å². The van der Waals surface area contributed by atoms with Crippen molar-refractivity contribution in [3.63, 3.8) is 0 Å². The van der Waals surface area contributed by atoms with Crippen molar-refractivity contribution in [3.8, 4) is 28.7 Å². The highest BCUT2D eigenvalue weighted by Crippen LogP contribution is 2.38. The van der Waals surface area contributed by atoms with Crippen LogP contribution >= 0.6 is 0 Å². The molecule has 2 aromatic rings. The molecule has 0 aromatic heterocycles. The number of carbonyl (C=O) groups is 1. The van der Waals surface area contributed by atoms with Crippen LogP contribution in [0.1, 0.15) is 10.4 Å². The first-order chi connectivity index (χ1) is 10.6. The molecule has 2 aromatic carbocycles. The van der Waals surface area contributed by atoms with E-state index < -0.39 is 5.97 Å². The Morgan fingerprint density at radius 1 is 0.909 bits per heavy atom. The van der Waals surface area contributed by atoms with Gasteiger partial charge in [-0.15, -0.1) is 0 Å². The van der Waals surface area contributed by atoms with Crippen LogP contribution in [0.3, 0.4) is 0 Å². The molecule has 0 fully saturated rings. The number of phenols is 1. The van der Waals surface area contributed by atoms with Crippen molar-refractivity contribution in [2.24, 2.45) is 0 Å². The van der Waals surface area contributed by atoms with E-state index in [-0.39, 0.29) is 11.3 Å². The Bertz CT molecular complexity index is 638. The summed E-state index contributed by atoms with van der Waals surface area (Å²) in [4.78, 5) is 12.2. The van der Waals surface area contributed by atoms with E-state index in [9.17, 15) is 9.90 Å². The van der Waals surface area contributed by atoms with Crippen LogP contribution in [-0.2, 0) is 0 Å². The molecule has 0 saturated carbocycles. The van der Waals surface area contributed by atoms with Crippen molar-refractivity contribution in [2.75, 3.05) is 21.3 Å². The summed E-state index contributed by atoms with van der Waals surface area (Å²) in [7, 11) is 4.41. The van der Waals surface area contributed by atoms with Gasteiger partial charge in [0, 0.05) is 0 Å². The zero-order valence-electron chi connectivity index (χ0n) is 12.5. The normalized spacial score (nSPS) is 9.95. The van der Waals surface area contributed by atoms with E-state index in [1.807, 2.05) is 0 Å². The summed E-state index contributed by atoms with van der Waals surface area (Å²) >= 11 is 0. The van der Waals surface area contributed by atoms with Crippen molar-refractivity contribution in [1.82, 2.24) is 0 Å². The fourth-order valence-corrected chi connectivity index (χ4v) is 1.88. The van der Waals surface area contributed by atoms with Crippen LogP contribution < -0.4 is 18.9 Å². The maximum absolute atomic E-state index is 12.2. The summed E-state index contributed by atoms with van der Waals surface area (Å²) < 4.78 is 20.8. The molecule has 0 aliphatic heterocycles. The topological polar surface area (TPSA) is 74.2 Å². The third-order valence-electron chi connectivity index (χ3n) is 2.95. The maximum atomic E-state index is 12.2. The van der Waals surface area contributed by atoms with E-state index in [0.29, 0.717) is 23.0 Å². The Morgan fingerprint density at radius 3 is 1.91 bits per heavy atom. The second kappa shape index (κ2) is 6.71. The third-order valence-corrected chi connectivity index (χ3v) is 2.95. The smallest absolute Gasteiger partial charge is 0.343 e. The second-order valence-electron chi connectivity index (χ2n) is 4.30. The number of phenolic OH excluding ortho intramolecular Hbond substituents is 1. The van der Waals surface area contributed by atoms with Crippen LogP contribution in [0.4, 0.5) is 0 Å². The second-order valence-corrected chi connectivity index (χ2v) is 4.30. The number of methoxy groups -OCH3 is 3. The SMILES string of the molecule is COc1cc(C(=O)Oc2ccc(O)cc2)cc(OC)c1OC. The molecule has 6 nitrogen and oxygen atoms in total. The van der Waals surface area contributed by atoms with Gasteiger partial charge in [0.1, 0.15) is 11.5 Å². The number of carbonyl (C=O) groups excluding carboxylic acids is 1. The molecule has 0 bridgehead atoms. The lowest BCUT2D eigenvalue weighted by Gasteiger charge is -2.13. The van der Waals surface area contributed by atoms with E-state index in [0.717, 1.165) is 0 Å². The maximum Gasteiger partial charge on any atom is 0.343 e. The van der Waals surface area contributed by atoms with Gasteiger partial charge in [-0.25, -0.2) is 4.79 Å². The van der Waals surface area contributed by atoms with E-state index in [1.165, 1.54) is 57.7 Å². The zero-order valence-corrected chi connectivity index (χ0v) is 12.5. The van der Waals surface area contributed by atoms with Gasteiger partial charge in [-0.1, -0.05) is 0 Å². The van der Waals surface area contributed by atoms with E-state index in [2.05, 4.69) is 0 Å². The van der Waals surface area contributed by atoms with Gasteiger partial charge in [-0.05, 0) is 36.4 Å². The first-order valence-corrected chi connectivity index (χ1v) is 6.40. The van der Waals surface area contributed by atoms with Gasteiger partial charge >= 0.3 is 5.97 Å². The van der Waals surface area contributed by atoms with Crippen molar-refractivity contribution >= 4 is 5.97 Å². The lowest BCUT2D eigenvalue weighted by atomic mass is 10.2. The molecule has 0 saturated heterocycles. The predicted octanol–water partition coefficient (Wildman–Crippen LogP) is 2.64. The number of esters is 1. The molecule has 6 heteroatoms. The molecular formula is C16H16O6. The zero-order chi connectivity index (χ0) is 16.1. The Kier molecular flexibility index (Phi) is 4.73. The molecule has 22 heavy (non-hydrogen) atoms. The minimum Gasteiger partial charge on any atom is -0.508 e. The van der Waals surface area contributed by atoms with Crippen LogP contribution in [-0.4, -0.2) is 32.4 Å². The van der Waals surface area contributed by atoms with Gasteiger partial charge in [0.2, 0.25) is 5.75 Å². The molecule has 1 N–H and O–H groups in total. The number of benzene rings is 2. The first-order valence-electron chi connectivity index (χ1n) is 6.40. The van der Waals surface area contributed by atoms with Crippen molar-refractivity contribution < 1.29 is 28.8 Å². The van der Waals surface area contributed by atoms with Gasteiger partial charge in [0.25, 0.3) is 0 Å². The Morgan fingerprint density at radius 2 is 1.45 bits per heavy atom. The summed E-state index contributed by atoms with van der Waals surface area (Å²) in [5.41, 5.74) is 0.252. The molecular weight excluding hydrogens is 288 g/mol. The Balaban J connectivity index is 2.31. The lowest BCUT2D eigenvalue weighted by molar-refractivity contribution is 0.0733. The van der Waals surface area contributed by atoms with Crippen LogP contribution in [0.15, 0.2) is 36.4 Å². The molecule has 0 radical (unpaired) electrons. The minimum atomic E-state index is -0.579. The molecule has 0 spiro atoms. The molecule has 0 amide bonds. The average molecular weight is 304 g/mol. The lowest BCUT2D eigenvalue weighted by Crippen LogP contribution is -2.09.